The van der Waals surface area contributed by atoms with Gasteiger partial charge in [-0.25, -0.2) is 0 Å². The average molecular weight is 304 g/mol. The van der Waals surface area contributed by atoms with E-state index in [1.54, 1.807) is 7.05 Å². The fourth-order valence-corrected chi connectivity index (χ4v) is 1.79. The van der Waals surface area contributed by atoms with Crippen LogP contribution in [0.3, 0.4) is 0 Å². The Kier molecular flexibility index (Phi) is 6.48. The van der Waals surface area contributed by atoms with Crippen molar-refractivity contribution in [2.24, 2.45) is 5.73 Å². The molecule has 0 atom stereocenters. The molecule has 1 rings (SSSR count). The van der Waals surface area contributed by atoms with E-state index in [1.807, 2.05) is 0 Å². The van der Waals surface area contributed by atoms with Gasteiger partial charge in [0.1, 0.15) is 5.75 Å². The maximum absolute atomic E-state index is 12.0. The van der Waals surface area contributed by atoms with E-state index in [9.17, 15) is 18.0 Å². The molecule has 0 aliphatic rings. The molecular weight excluding hydrogens is 285 g/mol. The van der Waals surface area contributed by atoms with Crippen LogP contribution in [0.1, 0.15) is 29.6 Å². The standard InChI is InChI=1S/C14H19F3N2O2/c1-19(10-4-2-3-9-18)13(20)11-5-7-12(8-6-11)21-14(15,16)17/h5-8H,2-4,9-10,18H2,1H3. The van der Waals surface area contributed by atoms with Crippen LogP contribution in [0, 0.1) is 0 Å². The minimum Gasteiger partial charge on any atom is -0.406 e. The maximum Gasteiger partial charge on any atom is 0.573 e. The summed E-state index contributed by atoms with van der Waals surface area (Å²) in [5.41, 5.74) is 5.71. The van der Waals surface area contributed by atoms with Crippen molar-refractivity contribution in [3.63, 3.8) is 0 Å². The first-order valence-electron chi connectivity index (χ1n) is 6.65. The molecule has 0 aliphatic heterocycles. The average Bonchev–Trinajstić information content (AvgIpc) is 2.41. The van der Waals surface area contributed by atoms with Gasteiger partial charge in [0.25, 0.3) is 5.91 Å². The zero-order valence-corrected chi connectivity index (χ0v) is 11.8. The van der Waals surface area contributed by atoms with Gasteiger partial charge < -0.3 is 15.4 Å². The third kappa shape index (κ3) is 6.48. The van der Waals surface area contributed by atoms with E-state index in [4.69, 9.17) is 5.73 Å². The molecule has 0 spiro atoms. The maximum atomic E-state index is 12.0. The molecule has 21 heavy (non-hydrogen) atoms. The van der Waals surface area contributed by atoms with Crippen LogP contribution in [0.2, 0.25) is 0 Å². The summed E-state index contributed by atoms with van der Waals surface area (Å²) in [4.78, 5) is 13.6. The lowest BCUT2D eigenvalue weighted by molar-refractivity contribution is -0.274. The quantitative estimate of drug-likeness (QED) is 0.788. The Morgan fingerprint density at radius 1 is 1.19 bits per heavy atom. The van der Waals surface area contributed by atoms with Crippen molar-refractivity contribution < 1.29 is 22.7 Å². The predicted octanol–water partition coefficient (Wildman–Crippen LogP) is 2.79. The molecule has 0 aromatic heterocycles. The van der Waals surface area contributed by atoms with Crippen molar-refractivity contribution in [2.45, 2.75) is 25.6 Å². The number of benzene rings is 1. The molecule has 4 nitrogen and oxygen atoms in total. The van der Waals surface area contributed by atoms with Gasteiger partial charge in [0, 0.05) is 19.2 Å². The summed E-state index contributed by atoms with van der Waals surface area (Å²) < 4.78 is 39.8. The Labute approximate surface area is 121 Å². The first-order valence-corrected chi connectivity index (χ1v) is 6.65. The van der Waals surface area contributed by atoms with Crippen LogP contribution >= 0.6 is 0 Å². The van der Waals surface area contributed by atoms with Crippen LogP contribution in [0.25, 0.3) is 0 Å². The highest BCUT2D eigenvalue weighted by molar-refractivity contribution is 5.94. The van der Waals surface area contributed by atoms with Gasteiger partial charge in [-0.2, -0.15) is 0 Å². The largest absolute Gasteiger partial charge is 0.573 e. The van der Waals surface area contributed by atoms with Crippen LogP contribution < -0.4 is 10.5 Å². The number of carbonyl (C=O) groups excluding carboxylic acids is 1. The fraction of sp³-hybridized carbons (Fsp3) is 0.500. The van der Waals surface area contributed by atoms with E-state index in [1.165, 1.54) is 17.0 Å². The Hall–Kier alpha value is -1.76. The van der Waals surface area contributed by atoms with Gasteiger partial charge in [-0.1, -0.05) is 6.42 Å². The van der Waals surface area contributed by atoms with Crippen LogP contribution in [0.5, 0.6) is 5.75 Å². The van der Waals surface area contributed by atoms with Gasteiger partial charge in [0.05, 0.1) is 0 Å². The van der Waals surface area contributed by atoms with E-state index >= 15 is 0 Å². The lowest BCUT2D eigenvalue weighted by Crippen LogP contribution is -2.27. The smallest absolute Gasteiger partial charge is 0.406 e. The second-order valence-electron chi connectivity index (χ2n) is 4.65. The zero-order chi connectivity index (χ0) is 15.9. The van der Waals surface area contributed by atoms with Crippen molar-refractivity contribution >= 4 is 5.91 Å². The summed E-state index contributed by atoms with van der Waals surface area (Å²) >= 11 is 0. The van der Waals surface area contributed by atoms with E-state index in [-0.39, 0.29) is 11.7 Å². The van der Waals surface area contributed by atoms with E-state index in [2.05, 4.69) is 4.74 Å². The van der Waals surface area contributed by atoms with Gasteiger partial charge in [0.2, 0.25) is 0 Å². The number of rotatable bonds is 7. The highest BCUT2D eigenvalue weighted by atomic mass is 19.4. The molecule has 0 saturated heterocycles. The van der Waals surface area contributed by atoms with E-state index in [0.717, 1.165) is 31.4 Å². The molecule has 1 aromatic carbocycles. The van der Waals surface area contributed by atoms with Crippen LogP contribution in [0.15, 0.2) is 24.3 Å². The first-order chi connectivity index (χ1) is 9.83. The molecule has 118 valence electrons. The minimum atomic E-state index is -4.73. The van der Waals surface area contributed by atoms with Gasteiger partial charge in [-0.05, 0) is 43.7 Å². The number of nitrogens with zero attached hydrogens (tertiary/aromatic N) is 1. The number of ether oxygens (including phenoxy) is 1. The highest BCUT2D eigenvalue weighted by Crippen LogP contribution is 2.23. The molecule has 1 amide bonds. The third-order valence-corrected chi connectivity index (χ3v) is 2.88. The molecular formula is C14H19F3N2O2. The summed E-state index contributed by atoms with van der Waals surface area (Å²) in [6, 6.07) is 4.89. The van der Waals surface area contributed by atoms with Crippen molar-refractivity contribution in [2.75, 3.05) is 20.1 Å². The SMILES string of the molecule is CN(CCCCCN)C(=O)c1ccc(OC(F)(F)F)cc1. The molecule has 0 unspecified atom stereocenters. The summed E-state index contributed by atoms with van der Waals surface area (Å²) in [5, 5.41) is 0. The molecule has 0 radical (unpaired) electrons. The molecule has 1 aromatic rings. The Morgan fingerprint density at radius 2 is 1.81 bits per heavy atom. The Morgan fingerprint density at radius 3 is 2.33 bits per heavy atom. The molecule has 0 aliphatic carbocycles. The van der Waals surface area contributed by atoms with Crippen molar-refractivity contribution in [1.29, 1.82) is 0 Å². The molecule has 7 heteroatoms. The second-order valence-corrected chi connectivity index (χ2v) is 4.65. The topological polar surface area (TPSA) is 55.6 Å². The predicted molar refractivity (Wildman–Crippen MR) is 73.0 cm³/mol. The lowest BCUT2D eigenvalue weighted by Gasteiger charge is -2.17. The lowest BCUT2D eigenvalue weighted by atomic mass is 10.2. The minimum absolute atomic E-state index is 0.235. The number of hydrogen-bond donors (Lipinski definition) is 1. The first kappa shape index (κ1) is 17.3. The zero-order valence-electron chi connectivity index (χ0n) is 11.8. The van der Waals surface area contributed by atoms with E-state index < -0.39 is 6.36 Å². The van der Waals surface area contributed by atoms with Crippen molar-refractivity contribution in [3.05, 3.63) is 29.8 Å². The number of unbranched alkanes of at least 4 members (excludes halogenated alkanes) is 2. The monoisotopic (exact) mass is 304 g/mol. The van der Waals surface area contributed by atoms with Crippen molar-refractivity contribution in [1.82, 2.24) is 4.90 Å². The summed E-state index contributed by atoms with van der Waals surface area (Å²) in [6.45, 7) is 1.21. The molecule has 2 N–H and O–H groups in total. The van der Waals surface area contributed by atoms with Gasteiger partial charge in [-0.15, -0.1) is 13.2 Å². The molecule has 0 heterocycles. The van der Waals surface area contributed by atoms with Gasteiger partial charge in [-0.3, -0.25) is 4.79 Å². The third-order valence-electron chi connectivity index (χ3n) is 2.88. The van der Waals surface area contributed by atoms with Gasteiger partial charge in [0.15, 0.2) is 0 Å². The number of amides is 1. The number of nitrogens with two attached hydrogens (primary N) is 1. The molecule has 0 bridgehead atoms. The summed E-state index contributed by atoms with van der Waals surface area (Å²) in [7, 11) is 1.66. The normalized spacial score (nSPS) is 11.3. The Balaban J connectivity index is 2.54. The van der Waals surface area contributed by atoms with Crippen LogP contribution in [-0.2, 0) is 0 Å². The van der Waals surface area contributed by atoms with Crippen molar-refractivity contribution in [3.8, 4) is 5.75 Å². The number of halogens is 3. The summed E-state index contributed by atoms with van der Waals surface area (Å²) in [5.74, 6) is -0.578. The number of carbonyl (C=O) groups is 1. The van der Waals surface area contributed by atoms with E-state index in [0.29, 0.717) is 18.7 Å². The highest BCUT2D eigenvalue weighted by Gasteiger charge is 2.31. The number of hydrogen-bond acceptors (Lipinski definition) is 3. The fourth-order valence-electron chi connectivity index (χ4n) is 1.79. The Bertz CT molecular complexity index is 447. The second kappa shape index (κ2) is 7.87. The van der Waals surface area contributed by atoms with Gasteiger partial charge >= 0.3 is 6.36 Å². The number of alkyl halides is 3. The van der Waals surface area contributed by atoms with Crippen LogP contribution in [-0.4, -0.2) is 37.3 Å². The molecule has 0 saturated carbocycles. The van der Waals surface area contributed by atoms with Crippen LogP contribution in [0.4, 0.5) is 13.2 Å². The molecule has 0 fully saturated rings. The summed E-state index contributed by atoms with van der Waals surface area (Å²) in [6.07, 6.45) is -2.04.